The lowest BCUT2D eigenvalue weighted by molar-refractivity contribution is -0.135. The Kier molecular flexibility index (Phi) is 7.80. The van der Waals surface area contributed by atoms with E-state index in [4.69, 9.17) is 16.6 Å². The second-order valence-electron chi connectivity index (χ2n) is 9.77. The van der Waals surface area contributed by atoms with E-state index in [2.05, 4.69) is 33.7 Å². The maximum Gasteiger partial charge on any atom is 0.233 e. The highest BCUT2D eigenvalue weighted by Crippen LogP contribution is 2.32. The summed E-state index contributed by atoms with van der Waals surface area (Å²) in [5, 5.41) is 1.58. The predicted molar refractivity (Wildman–Crippen MR) is 142 cm³/mol. The summed E-state index contributed by atoms with van der Waals surface area (Å²) in [6, 6.07) is 17.1. The van der Waals surface area contributed by atoms with Crippen LogP contribution in [0.3, 0.4) is 0 Å². The van der Waals surface area contributed by atoms with Gasteiger partial charge in [0, 0.05) is 17.1 Å². The van der Waals surface area contributed by atoms with Crippen molar-refractivity contribution < 1.29 is 4.79 Å². The molecule has 1 heterocycles. The van der Waals surface area contributed by atoms with Crippen molar-refractivity contribution >= 4 is 40.3 Å². The van der Waals surface area contributed by atoms with Gasteiger partial charge in [0.15, 0.2) is 5.16 Å². The fraction of sp³-hybridized carbons (Fsp3) is 0.500. The van der Waals surface area contributed by atoms with Gasteiger partial charge in [-0.3, -0.25) is 4.79 Å². The lowest BCUT2D eigenvalue weighted by Gasteiger charge is -2.41. The molecule has 0 radical (unpaired) electrons. The zero-order valence-electron chi connectivity index (χ0n) is 19.8. The van der Waals surface area contributed by atoms with Gasteiger partial charge in [-0.25, -0.2) is 4.98 Å². The van der Waals surface area contributed by atoms with Gasteiger partial charge < -0.3 is 9.47 Å². The minimum atomic E-state index is 0.292. The summed E-state index contributed by atoms with van der Waals surface area (Å²) in [4.78, 5) is 20.9. The summed E-state index contributed by atoms with van der Waals surface area (Å²) in [5.41, 5.74) is 3.16. The summed E-state index contributed by atoms with van der Waals surface area (Å²) < 4.78 is 2.23. The first-order valence-electron chi connectivity index (χ1n) is 12.8. The Morgan fingerprint density at radius 2 is 1.59 bits per heavy atom. The predicted octanol–water partition coefficient (Wildman–Crippen LogP) is 7.32. The Hall–Kier alpha value is -1.98. The minimum Gasteiger partial charge on any atom is -0.336 e. The molecule has 0 saturated heterocycles. The van der Waals surface area contributed by atoms with Crippen LogP contribution in [0, 0.1) is 0 Å². The maximum atomic E-state index is 13.7. The number of carbonyl (C=O) groups excluding carboxylic acids is 1. The molecule has 1 aromatic heterocycles. The van der Waals surface area contributed by atoms with E-state index in [0.717, 1.165) is 48.4 Å². The highest BCUT2D eigenvalue weighted by molar-refractivity contribution is 7.99. The molecule has 5 rings (SSSR count). The monoisotopic (exact) mass is 495 g/mol. The smallest absolute Gasteiger partial charge is 0.233 e. The van der Waals surface area contributed by atoms with Crippen molar-refractivity contribution in [3.05, 3.63) is 59.1 Å². The molecule has 2 aliphatic rings. The van der Waals surface area contributed by atoms with Crippen LogP contribution in [0.15, 0.2) is 53.7 Å². The standard InChI is InChI=1S/C28H34ClN3OS/c29-22-16-17-26-25(18-22)30-28(31(26)19-21-10-4-1-5-11-21)34-20-27(33)32(23-12-6-2-7-13-23)24-14-8-3-9-15-24/h1,4-5,10-11,16-18,23-24H,2-3,6-9,12-15,19-20H2. The summed E-state index contributed by atoms with van der Waals surface area (Å²) in [6.45, 7) is 0.727. The summed E-state index contributed by atoms with van der Waals surface area (Å²) in [7, 11) is 0. The van der Waals surface area contributed by atoms with Crippen molar-refractivity contribution in [3.8, 4) is 0 Å². The van der Waals surface area contributed by atoms with E-state index in [0.29, 0.717) is 28.8 Å². The summed E-state index contributed by atoms with van der Waals surface area (Å²) in [5.74, 6) is 0.735. The SMILES string of the molecule is O=C(CSc1nc2cc(Cl)ccc2n1Cc1ccccc1)N(C1CCCCC1)C1CCCCC1. The van der Waals surface area contributed by atoms with Crippen molar-refractivity contribution in [1.82, 2.24) is 14.5 Å². The molecule has 1 amide bonds. The molecule has 0 spiro atoms. The fourth-order valence-corrected chi connectivity index (χ4v) is 6.78. The van der Waals surface area contributed by atoms with Crippen LogP contribution in [0.5, 0.6) is 0 Å². The van der Waals surface area contributed by atoms with Crippen LogP contribution in [0.2, 0.25) is 5.02 Å². The molecule has 0 N–H and O–H groups in total. The second-order valence-corrected chi connectivity index (χ2v) is 11.2. The Morgan fingerprint density at radius 1 is 0.941 bits per heavy atom. The number of fused-ring (bicyclic) bond motifs is 1. The van der Waals surface area contributed by atoms with E-state index in [9.17, 15) is 4.79 Å². The number of nitrogens with zero attached hydrogens (tertiary/aromatic N) is 3. The number of hydrogen-bond acceptors (Lipinski definition) is 3. The molecule has 0 unspecified atom stereocenters. The number of benzene rings is 2. The van der Waals surface area contributed by atoms with Crippen LogP contribution in [0.4, 0.5) is 0 Å². The first-order chi connectivity index (χ1) is 16.7. The van der Waals surface area contributed by atoms with Crippen molar-refractivity contribution in [1.29, 1.82) is 0 Å². The number of thioether (sulfide) groups is 1. The summed E-state index contributed by atoms with van der Waals surface area (Å²) >= 11 is 7.84. The second kappa shape index (κ2) is 11.2. The highest BCUT2D eigenvalue weighted by atomic mass is 35.5. The number of carbonyl (C=O) groups is 1. The number of amides is 1. The number of hydrogen-bond donors (Lipinski definition) is 0. The topological polar surface area (TPSA) is 38.1 Å². The van der Waals surface area contributed by atoms with Gasteiger partial charge in [-0.1, -0.05) is 92.2 Å². The van der Waals surface area contributed by atoms with Crippen LogP contribution in [-0.2, 0) is 11.3 Å². The quantitative estimate of drug-likeness (QED) is 0.322. The first-order valence-corrected chi connectivity index (χ1v) is 14.2. The molecule has 2 aliphatic carbocycles. The van der Waals surface area contributed by atoms with E-state index in [1.807, 2.05) is 24.3 Å². The van der Waals surface area contributed by atoms with Gasteiger partial charge in [-0.15, -0.1) is 0 Å². The summed E-state index contributed by atoms with van der Waals surface area (Å²) in [6.07, 6.45) is 12.3. The van der Waals surface area contributed by atoms with Crippen molar-refractivity contribution in [3.63, 3.8) is 0 Å². The van der Waals surface area contributed by atoms with Crippen molar-refractivity contribution in [2.45, 2.75) is 88.0 Å². The average molecular weight is 496 g/mol. The Morgan fingerprint density at radius 3 is 2.24 bits per heavy atom. The number of imidazole rings is 1. The molecule has 0 bridgehead atoms. The zero-order chi connectivity index (χ0) is 23.3. The lowest BCUT2D eigenvalue weighted by atomic mass is 9.88. The molecule has 3 aromatic rings. The number of rotatable bonds is 7. The van der Waals surface area contributed by atoms with Crippen molar-refractivity contribution in [2.75, 3.05) is 5.75 Å². The third-order valence-electron chi connectivity index (χ3n) is 7.41. The first kappa shape index (κ1) is 23.7. The average Bonchev–Trinajstić information content (AvgIpc) is 3.21. The Bertz CT molecular complexity index is 1090. The Balaban J connectivity index is 1.38. The molecule has 2 saturated carbocycles. The molecule has 4 nitrogen and oxygen atoms in total. The van der Waals surface area contributed by atoms with E-state index in [1.54, 1.807) is 11.8 Å². The van der Waals surface area contributed by atoms with E-state index < -0.39 is 0 Å². The third-order valence-corrected chi connectivity index (χ3v) is 8.60. The van der Waals surface area contributed by atoms with E-state index in [1.165, 1.54) is 44.1 Å². The van der Waals surface area contributed by atoms with Gasteiger partial charge in [-0.2, -0.15) is 0 Å². The number of halogens is 1. The largest absolute Gasteiger partial charge is 0.336 e. The minimum absolute atomic E-state index is 0.292. The molecular weight excluding hydrogens is 462 g/mol. The van der Waals surface area contributed by atoms with Crippen LogP contribution in [0.25, 0.3) is 11.0 Å². The van der Waals surface area contributed by atoms with E-state index in [-0.39, 0.29) is 0 Å². The van der Waals surface area contributed by atoms with Crippen LogP contribution in [-0.4, -0.2) is 38.2 Å². The molecule has 0 aliphatic heterocycles. The molecule has 180 valence electrons. The van der Waals surface area contributed by atoms with Crippen molar-refractivity contribution in [2.24, 2.45) is 0 Å². The van der Waals surface area contributed by atoms with Crippen LogP contribution in [0.1, 0.15) is 69.8 Å². The third kappa shape index (κ3) is 5.46. The molecule has 2 aromatic carbocycles. The van der Waals surface area contributed by atoms with Gasteiger partial charge in [0.25, 0.3) is 0 Å². The van der Waals surface area contributed by atoms with E-state index >= 15 is 0 Å². The number of aromatic nitrogens is 2. The fourth-order valence-electron chi connectivity index (χ4n) is 5.73. The maximum absolute atomic E-state index is 13.7. The van der Waals surface area contributed by atoms with Gasteiger partial charge in [-0.05, 0) is 49.4 Å². The normalized spacial score (nSPS) is 17.8. The molecule has 34 heavy (non-hydrogen) atoms. The van der Waals surface area contributed by atoms with Gasteiger partial charge in [0.1, 0.15) is 0 Å². The zero-order valence-corrected chi connectivity index (χ0v) is 21.4. The Labute approximate surface area is 212 Å². The van der Waals surface area contributed by atoms with Crippen LogP contribution >= 0.6 is 23.4 Å². The highest BCUT2D eigenvalue weighted by Gasteiger charge is 2.32. The molecule has 0 atom stereocenters. The van der Waals surface area contributed by atoms with Gasteiger partial charge >= 0.3 is 0 Å². The molecule has 6 heteroatoms. The van der Waals surface area contributed by atoms with Gasteiger partial charge in [0.05, 0.1) is 23.3 Å². The molecule has 2 fully saturated rings. The molecular formula is C28H34ClN3OS. The lowest BCUT2D eigenvalue weighted by Crippen LogP contribution is -2.49. The van der Waals surface area contributed by atoms with Gasteiger partial charge in [0.2, 0.25) is 5.91 Å². The van der Waals surface area contributed by atoms with Crippen LogP contribution < -0.4 is 0 Å².